The van der Waals surface area contributed by atoms with Crippen LogP contribution in [0.3, 0.4) is 0 Å². The largest absolute Gasteiger partial charge is 0.469 e. The van der Waals surface area contributed by atoms with Gasteiger partial charge < -0.3 is 15.8 Å². The number of hydrogen-bond acceptors (Lipinski definition) is 5. The van der Waals surface area contributed by atoms with Crippen LogP contribution in [0.15, 0.2) is 0 Å². The quantitative estimate of drug-likeness (QED) is 0.638. The van der Waals surface area contributed by atoms with Gasteiger partial charge >= 0.3 is 5.97 Å². The summed E-state index contributed by atoms with van der Waals surface area (Å²) >= 11 is 0. The van der Waals surface area contributed by atoms with Crippen LogP contribution in [0, 0.1) is 5.92 Å². The smallest absolute Gasteiger partial charge is 0.305 e. The van der Waals surface area contributed by atoms with E-state index in [9.17, 15) is 9.59 Å². The van der Waals surface area contributed by atoms with Gasteiger partial charge in [-0.25, -0.2) is 0 Å². The fourth-order valence-corrected chi connectivity index (χ4v) is 2.39. The molecule has 1 rings (SSSR count). The van der Waals surface area contributed by atoms with Crippen LogP contribution >= 0.6 is 0 Å². The minimum absolute atomic E-state index is 0.0255. The number of nitrogens with one attached hydrogen (secondary N) is 1. The second-order valence-electron chi connectivity index (χ2n) is 4.88. The maximum Gasteiger partial charge on any atom is 0.305 e. The number of carbonyl (C=O) groups is 2. The Kier molecular flexibility index (Phi) is 6.07. The Balaban J connectivity index is 2.35. The molecule has 0 aromatic rings. The van der Waals surface area contributed by atoms with Crippen LogP contribution in [-0.4, -0.2) is 56.1 Å². The average Bonchev–Trinajstić information content (AvgIpc) is 2.27. The van der Waals surface area contributed by atoms with Crippen LogP contribution in [-0.2, 0) is 14.3 Å². The summed E-state index contributed by atoms with van der Waals surface area (Å²) in [4.78, 5) is 24.2. The number of nitrogens with two attached hydrogens (primary N) is 1. The second-order valence-corrected chi connectivity index (χ2v) is 4.88. The molecule has 18 heavy (non-hydrogen) atoms. The lowest BCUT2D eigenvalue weighted by molar-refractivity contribution is -0.142. The first-order chi connectivity index (χ1) is 8.51. The molecule has 1 saturated heterocycles. The van der Waals surface area contributed by atoms with Crippen molar-refractivity contribution in [3.63, 3.8) is 0 Å². The summed E-state index contributed by atoms with van der Waals surface area (Å²) in [7, 11) is 1.40. The predicted molar refractivity (Wildman–Crippen MR) is 67.8 cm³/mol. The van der Waals surface area contributed by atoms with E-state index >= 15 is 0 Å². The van der Waals surface area contributed by atoms with Crippen LogP contribution in [0.2, 0.25) is 0 Å². The molecule has 0 bridgehead atoms. The van der Waals surface area contributed by atoms with Crippen molar-refractivity contribution in [2.45, 2.75) is 25.8 Å². The lowest BCUT2D eigenvalue weighted by Crippen LogP contribution is -2.49. The number of hydrogen-bond donors (Lipinski definition) is 2. The van der Waals surface area contributed by atoms with E-state index < -0.39 is 0 Å². The predicted octanol–water partition coefficient (Wildman–Crippen LogP) is -0.665. The minimum atomic E-state index is -0.184. The van der Waals surface area contributed by atoms with E-state index in [2.05, 4.69) is 15.0 Å². The molecule has 0 radical (unpaired) electrons. The number of likely N-dealkylation sites (tertiary alicyclic amines) is 1. The van der Waals surface area contributed by atoms with Crippen LogP contribution in [0.25, 0.3) is 0 Å². The van der Waals surface area contributed by atoms with E-state index in [-0.39, 0.29) is 23.8 Å². The van der Waals surface area contributed by atoms with E-state index in [0.29, 0.717) is 13.0 Å². The van der Waals surface area contributed by atoms with Gasteiger partial charge in [0.05, 0.1) is 7.11 Å². The zero-order valence-electron chi connectivity index (χ0n) is 11.1. The molecular weight excluding hydrogens is 234 g/mol. The molecule has 0 spiro atoms. The Hall–Kier alpha value is -1.14. The first-order valence-electron chi connectivity index (χ1n) is 6.30. The van der Waals surface area contributed by atoms with Gasteiger partial charge in [0.25, 0.3) is 0 Å². The number of rotatable bonds is 5. The zero-order valence-corrected chi connectivity index (χ0v) is 11.1. The lowest BCUT2D eigenvalue weighted by Gasteiger charge is -2.35. The van der Waals surface area contributed by atoms with Gasteiger partial charge in [0.2, 0.25) is 5.91 Å². The zero-order chi connectivity index (χ0) is 13.5. The molecule has 6 nitrogen and oxygen atoms in total. The summed E-state index contributed by atoms with van der Waals surface area (Å²) in [6.07, 6.45) is 1.27. The first kappa shape index (κ1) is 14.9. The molecular formula is C12H23N3O3. The molecule has 1 aliphatic rings. The van der Waals surface area contributed by atoms with Crippen molar-refractivity contribution in [1.29, 1.82) is 0 Å². The van der Waals surface area contributed by atoms with E-state index in [1.165, 1.54) is 14.0 Å². The number of ether oxygens (including phenoxy) is 1. The molecule has 104 valence electrons. The number of carbonyl (C=O) groups excluding carboxylic acids is 2. The van der Waals surface area contributed by atoms with Crippen molar-refractivity contribution >= 4 is 11.9 Å². The molecule has 1 fully saturated rings. The Morgan fingerprint density at radius 3 is 2.78 bits per heavy atom. The Bertz CT molecular complexity index is 296. The number of amides is 1. The van der Waals surface area contributed by atoms with Crippen LogP contribution in [0.5, 0.6) is 0 Å². The third kappa shape index (κ3) is 5.46. The molecule has 0 aromatic carbocycles. The van der Waals surface area contributed by atoms with Crippen molar-refractivity contribution < 1.29 is 14.3 Å². The SMILES string of the molecule is COC(=O)CC1CC(N)CN(CCNC(C)=O)C1. The molecule has 1 amide bonds. The fraction of sp³-hybridized carbons (Fsp3) is 0.833. The van der Waals surface area contributed by atoms with E-state index in [1.54, 1.807) is 0 Å². The molecule has 6 heteroatoms. The third-order valence-corrected chi connectivity index (χ3v) is 3.13. The van der Waals surface area contributed by atoms with Crippen molar-refractivity contribution in [2.75, 3.05) is 33.3 Å². The normalized spacial score (nSPS) is 24.6. The fourth-order valence-electron chi connectivity index (χ4n) is 2.39. The van der Waals surface area contributed by atoms with Crippen LogP contribution in [0.1, 0.15) is 19.8 Å². The van der Waals surface area contributed by atoms with Crippen molar-refractivity contribution in [2.24, 2.45) is 11.7 Å². The Morgan fingerprint density at radius 1 is 1.44 bits per heavy atom. The highest BCUT2D eigenvalue weighted by Crippen LogP contribution is 2.19. The standard InChI is InChI=1S/C12H23N3O3/c1-9(16)14-3-4-15-7-10(5-11(13)8-15)6-12(17)18-2/h10-11H,3-8,13H2,1-2H3,(H,14,16). The molecule has 3 N–H and O–H groups in total. The molecule has 1 aliphatic heterocycles. The van der Waals surface area contributed by atoms with Crippen molar-refractivity contribution in [3.05, 3.63) is 0 Å². The van der Waals surface area contributed by atoms with E-state index in [4.69, 9.17) is 5.73 Å². The number of piperidine rings is 1. The van der Waals surface area contributed by atoms with Crippen molar-refractivity contribution in [3.8, 4) is 0 Å². The number of esters is 1. The molecule has 0 saturated carbocycles. The molecule has 2 atom stereocenters. The van der Waals surface area contributed by atoms with Gasteiger partial charge in [-0.3, -0.25) is 14.5 Å². The number of methoxy groups -OCH3 is 1. The third-order valence-electron chi connectivity index (χ3n) is 3.13. The van der Waals surface area contributed by atoms with Crippen molar-refractivity contribution in [1.82, 2.24) is 10.2 Å². The topological polar surface area (TPSA) is 84.7 Å². The van der Waals surface area contributed by atoms with Gasteiger partial charge in [-0.2, -0.15) is 0 Å². The van der Waals surface area contributed by atoms with Gasteiger partial charge in [0.1, 0.15) is 0 Å². The van der Waals surface area contributed by atoms with Crippen LogP contribution in [0.4, 0.5) is 0 Å². The van der Waals surface area contributed by atoms with Gasteiger partial charge in [-0.05, 0) is 12.3 Å². The Morgan fingerprint density at radius 2 is 2.17 bits per heavy atom. The highest BCUT2D eigenvalue weighted by molar-refractivity contribution is 5.72. The second kappa shape index (κ2) is 7.33. The highest BCUT2D eigenvalue weighted by atomic mass is 16.5. The summed E-state index contributed by atoms with van der Waals surface area (Å²) in [6, 6.07) is 0.0886. The highest BCUT2D eigenvalue weighted by Gasteiger charge is 2.26. The first-order valence-corrected chi connectivity index (χ1v) is 6.30. The monoisotopic (exact) mass is 257 g/mol. The maximum absolute atomic E-state index is 11.3. The summed E-state index contributed by atoms with van der Waals surface area (Å²) in [6.45, 7) is 4.54. The summed E-state index contributed by atoms with van der Waals surface area (Å²) in [5.74, 6) is 0.0388. The van der Waals surface area contributed by atoms with Gasteiger partial charge in [-0.1, -0.05) is 0 Å². The summed E-state index contributed by atoms with van der Waals surface area (Å²) < 4.78 is 4.68. The summed E-state index contributed by atoms with van der Waals surface area (Å²) in [5, 5.41) is 2.76. The molecule has 0 aliphatic carbocycles. The number of nitrogens with zero attached hydrogens (tertiary/aromatic N) is 1. The lowest BCUT2D eigenvalue weighted by atomic mass is 9.92. The molecule has 2 unspecified atom stereocenters. The van der Waals surface area contributed by atoms with Gasteiger partial charge in [-0.15, -0.1) is 0 Å². The maximum atomic E-state index is 11.3. The van der Waals surface area contributed by atoms with Gasteiger partial charge in [0.15, 0.2) is 0 Å². The average molecular weight is 257 g/mol. The van der Waals surface area contributed by atoms with E-state index in [0.717, 1.165) is 26.1 Å². The van der Waals surface area contributed by atoms with Crippen LogP contribution < -0.4 is 11.1 Å². The molecule has 0 aromatic heterocycles. The minimum Gasteiger partial charge on any atom is -0.469 e. The van der Waals surface area contributed by atoms with Gasteiger partial charge in [0, 0.05) is 45.6 Å². The van der Waals surface area contributed by atoms with E-state index in [1.807, 2.05) is 0 Å². The molecule has 1 heterocycles. The summed E-state index contributed by atoms with van der Waals surface area (Å²) in [5.41, 5.74) is 5.98. The Labute approximate surface area is 108 Å².